The molecular formula is C16H27N3S. The van der Waals surface area contributed by atoms with Gasteiger partial charge in [-0.3, -0.25) is 0 Å². The normalized spacial score (nSPS) is 10.7. The molecule has 4 heteroatoms. The first-order valence-electron chi connectivity index (χ1n) is 7.41. The molecule has 0 unspecified atom stereocenters. The van der Waals surface area contributed by atoms with E-state index in [0.29, 0.717) is 5.11 Å². The molecule has 2 N–H and O–H groups in total. The maximum absolute atomic E-state index is 5.34. The van der Waals surface area contributed by atoms with Gasteiger partial charge in [0.15, 0.2) is 5.11 Å². The average molecular weight is 293 g/mol. The minimum absolute atomic E-state index is 0.707. The van der Waals surface area contributed by atoms with Gasteiger partial charge in [-0.25, -0.2) is 0 Å². The fourth-order valence-corrected chi connectivity index (χ4v) is 2.29. The third-order valence-corrected chi connectivity index (χ3v) is 3.72. The molecule has 0 radical (unpaired) electrons. The van der Waals surface area contributed by atoms with Gasteiger partial charge >= 0.3 is 0 Å². The zero-order chi connectivity index (χ0) is 15.0. The molecule has 0 amide bonds. The first-order chi connectivity index (χ1) is 9.56. The summed E-state index contributed by atoms with van der Waals surface area (Å²) in [6, 6.07) is 6.35. The largest absolute Gasteiger partial charge is 0.362 e. The number of nitrogens with zero attached hydrogens (tertiary/aromatic N) is 1. The predicted octanol–water partition coefficient (Wildman–Crippen LogP) is 3.32. The molecule has 0 aliphatic rings. The van der Waals surface area contributed by atoms with E-state index in [0.717, 1.165) is 38.3 Å². The first kappa shape index (κ1) is 16.9. The van der Waals surface area contributed by atoms with Crippen LogP contribution >= 0.6 is 12.2 Å². The van der Waals surface area contributed by atoms with Gasteiger partial charge in [-0.15, -0.1) is 0 Å². The predicted molar refractivity (Wildman–Crippen MR) is 92.5 cm³/mol. The zero-order valence-corrected chi connectivity index (χ0v) is 13.9. The molecule has 1 rings (SSSR count). The summed E-state index contributed by atoms with van der Waals surface area (Å²) in [5.74, 6) is 0. The molecule has 0 fully saturated rings. The van der Waals surface area contributed by atoms with Crippen molar-refractivity contribution >= 4 is 23.0 Å². The van der Waals surface area contributed by atoms with Crippen LogP contribution in [0.3, 0.4) is 0 Å². The van der Waals surface area contributed by atoms with E-state index < -0.39 is 0 Å². The summed E-state index contributed by atoms with van der Waals surface area (Å²) in [6.07, 6.45) is 1.11. The van der Waals surface area contributed by atoms with Gasteiger partial charge in [-0.1, -0.05) is 26.0 Å². The highest BCUT2D eigenvalue weighted by Crippen LogP contribution is 2.15. The molecule has 1 aromatic carbocycles. The summed E-state index contributed by atoms with van der Waals surface area (Å²) in [4.78, 5) is 2.42. The van der Waals surface area contributed by atoms with Crippen LogP contribution in [-0.4, -0.2) is 36.2 Å². The molecule has 0 saturated carbocycles. The van der Waals surface area contributed by atoms with E-state index in [1.54, 1.807) is 0 Å². The smallest absolute Gasteiger partial charge is 0.170 e. The highest BCUT2D eigenvalue weighted by atomic mass is 32.1. The van der Waals surface area contributed by atoms with Gasteiger partial charge in [0.25, 0.3) is 0 Å². The van der Waals surface area contributed by atoms with Crippen LogP contribution in [0.15, 0.2) is 18.2 Å². The molecule has 0 aromatic heterocycles. The Morgan fingerprint density at radius 2 is 1.90 bits per heavy atom. The van der Waals surface area contributed by atoms with E-state index >= 15 is 0 Å². The van der Waals surface area contributed by atoms with Crippen LogP contribution < -0.4 is 10.6 Å². The molecule has 0 bridgehead atoms. The zero-order valence-electron chi connectivity index (χ0n) is 13.1. The maximum atomic E-state index is 5.34. The van der Waals surface area contributed by atoms with Crippen LogP contribution in [0.4, 0.5) is 5.69 Å². The van der Waals surface area contributed by atoms with E-state index in [1.807, 2.05) is 0 Å². The van der Waals surface area contributed by atoms with E-state index in [4.69, 9.17) is 12.2 Å². The minimum atomic E-state index is 0.707. The maximum Gasteiger partial charge on any atom is 0.170 e. The molecule has 0 spiro atoms. The van der Waals surface area contributed by atoms with Gasteiger partial charge in [0.1, 0.15) is 0 Å². The summed E-state index contributed by atoms with van der Waals surface area (Å²) in [5, 5.41) is 7.26. The quantitative estimate of drug-likeness (QED) is 0.596. The van der Waals surface area contributed by atoms with Crippen molar-refractivity contribution in [3.05, 3.63) is 29.3 Å². The fourth-order valence-electron chi connectivity index (χ4n) is 2.08. The summed E-state index contributed by atoms with van der Waals surface area (Å²) >= 11 is 5.34. The van der Waals surface area contributed by atoms with Crippen LogP contribution in [-0.2, 0) is 0 Å². The van der Waals surface area contributed by atoms with E-state index in [2.05, 4.69) is 61.4 Å². The number of benzene rings is 1. The number of thiocarbonyl (C=S) groups is 1. The number of anilines is 1. The van der Waals surface area contributed by atoms with Crippen molar-refractivity contribution in [3.63, 3.8) is 0 Å². The summed E-state index contributed by atoms with van der Waals surface area (Å²) in [7, 11) is 0. The first-order valence-corrected chi connectivity index (χ1v) is 7.82. The van der Waals surface area contributed by atoms with Crippen molar-refractivity contribution in [2.75, 3.05) is 31.5 Å². The second kappa shape index (κ2) is 8.93. The minimum Gasteiger partial charge on any atom is -0.362 e. The number of hydrogen-bond donors (Lipinski definition) is 2. The Balaban J connectivity index is 2.32. The Morgan fingerprint density at radius 3 is 2.55 bits per heavy atom. The molecule has 1 aromatic rings. The van der Waals surface area contributed by atoms with Gasteiger partial charge in [0, 0.05) is 12.2 Å². The lowest BCUT2D eigenvalue weighted by Crippen LogP contribution is -2.32. The molecule has 20 heavy (non-hydrogen) atoms. The van der Waals surface area contributed by atoms with E-state index in [9.17, 15) is 0 Å². The van der Waals surface area contributed by atoms with Gasteiger partial charge in [-0.05, 0) is 69.3 Å². The van der Waals surface area contributed by atoms with Crippen molar-refractivity contribution in [1.82, 2.24) is 10.2 Å². The summed E-state index contributed by atoms with van der Waals surface area (Å²) < 4.78 is 0. The Labute approximate surface area is 128 Å². The Bertz CT molecular complexity index is 428. The average Bonchev–Trinajstić information content (AvgIpc) is 2.43. The molecule has 3 nitrogen and oxygen atoms in total. The van der Waals surface area contributed by atoms with Crippen molar-refractivity contribution in [1.29, 1.82) is 0 Å². The highest BCUT2D eigenvalue weighted by molar-refractivity contribution is 7.80. The topological polar surface area (TPSA) is 27.3 Å². The number of aryl methyl sites for hydroxylation is 2. The summed E-state index contributed by atoms with van der Waals surface area (Å²) in [6.45, 7) is 12.8. The lowest BCUT2D eigenvalue weighted by atomic mass is 10.1. The van der Waals surface area contributed by atoms with Crippen LogP contribution in [0, 0.1) is 13.8 Å². The van der Waals surface area contributed by atoms with E-state index in [-0.39, 0.29) is 0 Å². The fraction of sp³-hybridized carbons (Fsp3) is 0.562. The SMILES string of the molecule is CCN(CC)CCCNC(=S)Nc1cc(C)ccc1C. The van der Waals surface area contributed by atoms with Crippen LogP contribution in [0.1, 0.15) is 31.4 Å². The van der Waals surface area contributed by atoms with E-state index in [1.165, 1.54) is 11.1 Å². The monoisotopic (exact) mass is 293 g/mol. The van der Waals surface area contributed by atoms with Crippen molar-refractivity contribution < 1.29 is 0 Å². The molecule has 0 heterocycles. The van der Waals surface area contributed by atoms with Crippen molar-refractivity contribution in [2.24, 2.45) is 0 Å². The summed E-state index contributed by atoms with van der Waals surface area (Å²) in [5.41, 5.74) is 3.54. The van der Waals surface area contributed by atoms with Gasteiger partial charge in [0.05, 0.1) is 0 Å². The van der Waals surface area contributed by atoms with Gasteiger partial charge < -0.3 is 15.5 Å². The lowest BCUT2D eigenvalue weighted by Gasteiger charge is -2.18. The molecule has 0 aliphatic heterocycles. The second-order valence-corrected chi connectivity index (χ2v) is 5.49. The van der Waals surface area contributed by atoms with Gasteiger partial charge in [0.2, 0.25) is 0 Å². The Kier molecular flexibility index (Phi) is 7.55. The lowest BCUT2D eigenvalue weighted by molar-refractivity contribution is 0.300. The molecule has 0 atom stereocenters. The standard InChI is InChI=1S/C16H27N3S/c1-5-19(6-2)11-7-10-17-16(20)18-15-12-13(3)8-9-14(15)4/h8-9,12H,5-7,10-11H2,1-4H3,(H2,17,18,20). The highest BCUT2D eigenvalue weighted by Gasteiger charge is 2.02. The molecule has 0 saturated heterocycles. The van der Waals surface area contributed by atoms with Gasteiger partial charge in [-0.2, -0.15) is 0 Å². The third-order valence-electron chi connectivity index (χ3n) is 3.47. The van der Waals surface area contributed by atoms with Crippen molar-refractivity contribution in [3.8, 4) is 0 Å². The Morgan fingerprint density at radius 1 is 1.20 bits per heavy atom. The molecular weight excluding hydrogens is 266 g/mol. The molecule has 112 valence electrons. The Hall–Kier alpha value is -1.13. The second-order valence-electron chi connectivity index (χ2n) is 5.08. The molecule has 0 aliphatic carbocycles. The van der Waals surface area contributed by atoms with Crippen molar-refractivity contribution in [2.45, 2.75) is 34.1 Å². The number of rotatable bonds is 7. The number of hydrogen-bond acceptors (Lipinski definition) is 2. The third kappa shape index (κ3) is 5.88. The van der Waals surface area contributed by atoms with Crippen LogP contribution in [0.25, 0.3) is 0 Å². The van der Waals surface area contributed by atoms with Crippen LogP contribution in [0.2, 0.25) is 0 Å². The number of nitrogens with one attached hydrogen (secondary N) is 2. The van der Waals surface area contributed by atoms with Crippen LogP contribution in [0.5, 0.6) is 0 Å².